The molecule has 0 unspecified atom stereocenters. The van der Waals surface area contributed by atoms with Crippen molar-refractivity contribution in [1.29, 1.82) is 0 Å². The van der Waals surface area contributed by atoms with E-state index < -0.39 is 16.2 Å². The van der Waals surface area contributed by atoms with Crippen molar-refractivity contribution in [3.8, 4) is 0 Å². The molecule has 14 heavy (non-hydrogen) atoms. The van der Waals surface area contributed by atoms with Crippen molar-refractivity contribution in [1.82, 2.24) is 9.03 Å². The van der Waals surface area contributed by atoms with Crippen LogP contribution in [0.1, 0.15) is 19.3 Å². The molecular formula is C7H14N2O4S. The van der Waals surface area contributed by atoms with Crippen LogP contribution in [0.3, 0.4) is 0 Å². The van der Waals surface area contributed by atoms with Gasteiger partial charge >= 0.3 is 5.97 Å². The van der Waals surface area contributed by atoms with Gasteiger partial charge in [-0.1, -0.05) is 0 Å². The SMILES string of the molecule is CNS(=O)(=O)N(CCC(=O)O)C1CC1. The number of nitrogens with one attached hydrogen (secondary N) is 1. The van der Waals surface area contributed by atoms with Crippen LogP contribution in [-0.2, 0) is 15.0 Å². The summed E-state index contributed by atoms with van der Waals surface area (Å²) in [5, 5.41) is 8.46. The van der Waals surface area contributed by atoms with Gasteiger partial charge in [-0.25, -0.2) is 4.72 Å². The Morgan fingerprint density at radius 2 is 2.14 bits per heavy atom. The lowest BCUT2D eigenvalue weighted by Crippen LogP contribution is -2.41. The van der Waals surface area contributed by atoms with Crippen molar-refractivity contribution in [2.75, 3.05) is 13.6 Å². The third-order valence-corrected chi connectivity index (χ3v) is 3.68. The van der Waals surface area contributed by atoms with Crippen LogP contribution in [0.2, 0.25) is 0 Å². The minimum absolute atomic E-state index is 0.00759. The van der Waals surface area contributed by atoms with E-state index in [1.807, 2.05) is 0 Å². The van der Waals surface area contributed by atoms with E-state index in [1.165, 1.54) is 11.4 Å². The van der Waals surface area contributed by atoms with E-state index in [0.29, 0.717) is 0 Å². The van der Waals surface area contributed by atoms with Crippen molar-refractivity contribution >= 4 is 16.2 Å². The Labute approximate surface area is 83.1 Å². The maximum Gasteiger partial charge on any atom is 0.304 e. The second-order valence-electron chi connectivity index (χ2n) is 3.19. The topological polar surface area (TPSA) is 86.7 Å². The first-order chi connectivity index (χ1) is 6.47. The summed E-state index contributed by atoms with van der Waals surface area (Å²) in [7, 11) is -2.15. The molecule has 82 valence electrons. The van der Waals surface area contributed by atoms with Gasteiger partial charge in [-0.15, -0.1) is 0 Å². The van der Waals surface area contributed by atoms with Crippen LogP contribution in [0.4, 0.5) is 0 Å². The molecule has 7 heteroatoms. The monoisotopic (exact) mass is 222 g/mol. The molecule has 1 saturated carbocycles. The van der Waals surface area contributed by atoms with Gasteiger partial charge in [0.15, 0.2) is 0 Å². The van der Waals surface area contributed by atoms with E-state index in [1.54, 1.807) is 0 Å². The number of carbonyl (C=O) groups is 1. The number of aliphatic carboxylic acids is 1. The summed E-state index contributed by atoms with van der Waals surface area (Å²) in [5.74, 6) is -0.984. The van der Waals surface area contributed by atoms with Crippen molar-refractivity contribution in [2.45, 2.75) is 25.3 Å². The molecule has 0 radical (unpaired) electrons. The van der Waals surface area contributed by atoms with Crippen molar-refractivity contribution < 1.29 is 18.3 Å². The van der Waals surface area contributed by atoms with Gasteiger partial charge in [0.25, 0.3) is 10.2 Å². The number of rotatable bonds is 6. The molecule has 1 aliphatic carbocycles. The maximum absolute atomic E-state index is 11.4. The second-order valence-corrected chi connectivity index (χ2v) is 5.02. The molecule has 1 rings (SSSR count). The van der Waals surface area contributed by atoms with Crippen LogP contribution in [0.25, 0.3) is 0 Å². The minimum Gasteiger partial charge on any atom is -0.481 e. The molecule has 1 aliphatic rings. The van der Waals surface area contributed by atoms with Crippen LogP contribution < -0.4 is 4.72 Å². The van der Waals surface area contributed by atoms with Gasteiger partial charge < -0.3 is 5.11 Å². The molecule has 0 atom stereocenters. The fraction of sp³-hybridized carbons (Fsp3) is 0.857. The summed E-state index contributed by atoms with van der Waals surface area (Å²) in [4.78, 5) is 10.3. The maximum atomic E-state index is 11.4. The zero-order chi connectivity index (χ0) is 10.8. The van der Waals surface area contributed by atoms with Gasteiger partial charge in [0.2, 0.25) is 0 Å². The zero-order valence-electron chi connectivity index (χ0n) is 7.93. The number of hydrogen-bond donors (Lipinski definition) is 2. The number of carboxylic acid groups (broad SMARTS) is 1. The summed E-state index contributed by atoms with van der Waals surface area (Å²) in [6.45, 7) is 0.0448. The Bertz CT molecular complexity index is 310. The van der Waals surface area contributed by atoms with E-state index in [2.05, 4.69) is 4.72 Å². The number of nitrogens with zero attached hydrogens (tertiary/aromatic N) is 1. The van der Waals surface area contributed by atoms with E-state index in [0.717, 1.165) is 12.8 Å². The molecule has 2 N–H and O–H groups in total. The summed E-state index contributed by atoms with van der Waals surface area (Å²) >= 11 is 0. The summed E-state index contributed by atoms with van der Waals surface area (Å²) < 4.78 is 26.2. The standard InChI is InChI=1S/C7H14N2O4S/c1-8-14(12,13)9(6-2-3-6)5-4-7(10)11/h6,8H,2-5H2,1H3,(H,10,11). The first kappa shape index (κ1) is 11.4. The average molecular weight is 222 g/mol. The minimum atomic E-state index is -3.47. The van der Waals surface area contributed by atoms with Crippen LogP contribution in [0.5, 0.6) is 0 Å². The summed E-state index contributed by atoms with van der Waals surface area (Å²) in [6, 6.07) is -0.00759. The molecule has 0 aromatic heterocycles. The molecule has 0 aliphatic heterocycles. The number of carboxylic acids is 1. The van der Waals surface area contributed by atoms with Crippen LogP contribution in [0.15, 0.2) is 0 Å². The van der Waals surface area contributed by atoms with Gasteiger partial charge in [-0.3, -0.25) is 4.79 Å². The van der Waals surface area contributed by atoms with Crippen molar-refractivity contribution in [3.05, 3.63) is 0 Å². The third-order valence-electron chi connectivity index (χ3n) is 2.07. The zero-order valence-corrected chi connectivity index (χ0v) is 8.75. The lowest BCUT2D eigenvalue weighted by molar-refractivity contribution is -0.137. The van der Waals surface area contributed by atoms with Gasteiger partial charge in [0.05, 0.1) is 6.42 Å². The molecule has 0 saturated heterocycles. The molecule has 0 spiro atoms. The molecule has 0 heterocycles. The third kappa shape index (κ3) is 2.93. The molecule has 1 fully saturated rings. The van der Waals surface area contributed by atoms with Crippen molar-refractivity contribution in [2.24, 2.45) is 0 Å². The summed E-state index contributed by atoms with van der Waals surface area (Å²) in [6.07, 6.45) is 1.48. The highest BCUT2D eigenvalue weighted by atomic mass is 32.2. The Balaban J connectivity index is 2.60. The highest BCUT2D eigenvalue weighted by Crippen LogP contribution is 2.28. The Kier molecular flexibility index (Phi) is 3.46. The van der Waals surface area contributed by atoms with E-state index in [9.17, 15) is 13.2 Å². The van der Waals surface area contributed by atoms with Gasteiger partial charge in [0.1, 0.15) is 0 Å². The molecule has 0 amide bonds. The van der Waals surface area contributed by atoms with Crippen LogP contribution in [0, 0.1) is 0 Å². The van der Waals surface area contributed by atoms with Crippen LogP contribution >= 0.6 is 0 Å². The Hall–Kier alpha value is -0.660. The molecule has 0 bridgehead atoms. The highest BCUT2D eigenvalue weighted by Gasteiger charge is 2.36. The lowest BCUT2D eigenvalue weighted by atomic mass is 10.4. The second kappa shape index (κ2) is 4.24. The average Bonchev–Trinajstić information content (AvgIpc) is 2.87. The van der Waals surface area contributed by atoms with Gasteiger partial charge in [-0.2, -0.15) is 12.7 Å². The van der Waals surface area contributed by atoms with E-state index in [4.69, 9.17) is 5.11 Å². The molecule has 0 aromatic carbocycles. The molecule has 6 nitrogen and oxygen atoms in total. The predicted octanol–water partition coefficient (Wildman–Crippen LogP) is -0.610. The van der Waals surface area contributed by atoms with E-state index >= 15 is 0 Å². The lowest BCUT2D eigenvalue weighted by Gasteiger charge is -2.19. The first-order valence-electron chi connectivity index (χ1n) is 4.39. The Morgan fingerprint density at radius 1 is 1.57 bits per heavy atom. The van der Waals surface area contributed by atoms with Gasteiger partial charge in [0, 0.05) is 19.6 Å². The normalized spacial score (nSPS) is 17.3. The number of hydrogen-bond acceptors (Lipinski definition) is 3. The summed E-state index contributed by atoms with van der Waals surface area (Å²) in [5.41, 5.74) is 0. The fourth-order valence-electron chi connectivity index (χ4n) is 1.18. The van der Waals surface area contributed by atoms with E-state index in [-0.39, 0.29) is 19.0 Å². The smallest absolute Gasteiger partial charge is 0.304 e. The van der Waals surface area contributed by atoms with Crippen molar-refractivity contribution in [3.63, 3.8) is 0 Å². The predicted molar refractivity (Wildman–Crippen MR) is 50.0 cm³/mol. The Morgan fingerprint density at radius 3 is 2.50 bits per heavy atom. The van der Waals surface area contributed by atoms with Gasteiger partial charge in [-0.05, 0) is 12.8 Å². The first-order valence-corrected chi connectivity index (χ1v) is 5.83. The van der Waals surface area contributed by atoms with Crippen LogP contribution in [-0.4, -0.2) is 43.4 Å². The highest BCUT2D eigenvalue weighted by molar-refractivity contribution is 7.87. The molecular weight excluding hydrogens is 208 g/mol. The largest absolute Gasteiger partial charge is 0.481 e. The quantitative estimate of drug-likeness (QED) is 0.627. The fourth-order valence-corrected chi connectivity index (χ4v) is 2.35. The molecule has 0 aromatic rings.